The monoisotopic (exact) mass is 291 g/mol. The number of rotatable bonds is 8. The van der Waals surface area contributed by atoms with Gasteiger partial charge in [0.15, 0.2) is 0 Å². The minimum Gasteiger partial charge on any atom is -0.314 e. The molecule has 1 aromatic rings. The van der Waals surface area contributed by atoms with Crippen molar-refractivity contribution >= 4 is 0 Å². The summed E-state index contributed by atoms with van der Waals surface area (Å²) in [6.45, 7) is 6.50. The molecule has 1 rings (SSSR count). The molecule has 1 aromatic heterocycles. The van der Waals surface area contributed by atoms with Gasteiger partial charge in [-0.3, -0.25) is 4.68 Å². The Balaban J connectivity index is 2.69. The SMILES string of the molecule is CCNC(Cc1ccn(C(CC)CC)n1)CC(F)(F)F. The second-order valence-corrected chi connectivity index (χ2v) is 5.04. The molecule has 0 radical (unpaired) electrons. The van der Waals surface area contributed by atoms with Crippen LogP contribution in [-0.4, -0.2) is 28.5 Å². The smallest absolute Gasteiger partial charge is 0.314 e. The van der Waals surface area contributed by atoms with E-state index in [1.807, 2.05) is 23.9 Å². The van der Waals surface area contributed by atoms with E-state index in [-0.39, 0.29) is 0 Å². The number of hydrogen-bond acceptors (Lipinski definition) is 2. The van der Waals surface area contributed by atoms with Crippen LogP contribution in [0, 0.1) is 0 Å². The summed E-state index contributed by atoms with van der Waals surface area (Å²) in [5.74, 6) is 0. The molecule has 1 atom stereocenters. The number of alkyl halides is 3. The molecule has 0 aliphatic rings. The van der Waals surface area contributed by atoms with Crippen LogP contribution < -0.4 is 5.32 Å². The third kappa shape index (κ3) is 5.53. The van der Waals surface area contributed by atoms with Crippen LogP contribution in [0.3, 0.4) is 0 Å². The van der Waals surface area contributed by atoms with Gasteiger partial charge in [-0.05, 0) is 25.5 Å². The molecule has 1 heterocycles. The molecule has 0 fully saturated rings. The van der Waals surface area contributed by atoms with Gasteiger partial charge in [0.05, 0.1) is 18.2 Å². The van der Waals surface area contributed by atoms with Crippen molar-refractivity contribution in [1.82, 2.24) is 15.1 Å². The number of hydrogen-bond donors (Lipinski definition) is 1. The molecule has 0 bridgehead atoms. The van der Waals surface area contributed by atoms with Gasteiger partial charge in [-0.25, -0.2) is 0 Å². The molecule has 3 nitrogen and oxygen atoms in total. The van der Waals surface area contributed by atoms with Crippen LogP contribution in [-0.2, 0) is 6.42 Å². The van der Waals surface area contributed by atoms with Gasteiger partial charge in [0.2, 0.25) is 0 Å². The lowest BCUT2D eigenvalue weighted by Gasteiger charge is -2.18. The van der Waals surface area contributed by atoms with E-state index in [1.165, 1.54) is 0 Å². The fraction of sp³-hybridized carbons (Fsp3) is 0.786. The van der Waals surface area contributed by atoms with Crippen LogP contribution in [0.25, 0.3) is 0 Å². The summed E-state index contributed by atoms with van der Waals surface area (Å²) in [7, 11) is 0. The second kappa shape index (κ2) is 7.67. The Morgan fingerprint density at radius 2 is 1.90 bits per heavy atom. The molecule has 0 aromatic carbocycles. The summed E-state index contributed by atoms with van der Waals surface area (Å²) >= 11 is 0. The number of aromatic nitrogens is 2. The summed E-state index contributed by atoms with van der Waals surface area (Å²) in [4.78, 5) is 0. The Morgan fingerprint density at radius 1 is 1.25 bits per heavy atom. The van der Waals surface area contributed by atoms with Crippen molar-refractivity contribution in [1.29, 1.82) is 0 Å². The highest BCUT2D eigenvalue weighted by Crippen LogP contribution is 2.23. The Morgan fingerprint density at radius 3 is 2.40 bits per heavy atom. The number of halogens is 3. The lowest BCUT2D eigenvalue weighted by atomic mass is 10.1. The van der Waals surface area contributed by atoms with Gasteiger partial charge in [-0.1, -0.05) is 20.8 Å². The molecular weight excluding hydrogens is 267 g/mol. The van der Waals surface area contributed by atoms with Crippen molar-refractivity contribution in [2.75, 3.05) is 6.54 Å². The molecule has 1 unspecified atom stereocenters. The lowest BCUT2D eigenvalue weighted by Crippen LogP contribution is -2.35. The maximum absolute atomic E-state index is 12.5. The number of nitrogens with one attached hydrogen (secondary N) is 1. The zero-order valence-corrected chi connectivity index (χ0v) is 12.4. The first-order valence-electron chi connectivity index (χ1n) is 7.23. The van der Waals surface area contributed by atoms with Gasteiger partial charge in [-0.15, -0.1) is 0 Å². The highest BCUT2D eigenvalue weighted by Gasteiger charge is 2.31. The first-order chi connectivity index (χ1) is 9.39. The summed E-state index contributed by atoms with van der Waals surface area (Å²) in [6.07, 6.45) is -0.860. The maximum atomic E-state index is 12.5. The minimum absolute atomic E-state index is 0.306. The standard InChI is InChI=1S/C14H24F3N3/c1-4-13(5-2)20-8-7-11(19-20)9-12(18-6-3)10-14(15,16)17/h7-8,12-13,18H,4-6,9-10H2,1-3H3. The fourth-order valence-corrected chi connectivity index (χ4v) is 2.39. The first kappa shape index (κ1) is 17.0. The molecule has 6 heteroatoms. The van der Waals surface area contributed by atoms with Crippen molar-refractivity contribution in [2.24, 2.45) is 0 Å². The molecule has 0 spiro atoms. The van der Waals surface area contributed by atoms with E-state index in [4.69, 9.17) is 0 Å². The van der Waals surface area contributed by atoms with Crippen LogP contribution >= 0.6 is 0 Å². The molecule has 0 amide bonds. The highest BCUT2D eigenvalue weighted by atomic mass is 19.4. The molecule has 0 saturated heterocycles. The average Bonchev–Trinajstić information content (AvgIpc) is 2.77. The average molecular weight is 291 g/mol. The van der Waals surface area contributed by atoms with E-state index in [9.17, 15) is 13.2 Å². The first-order valence-corrected chi connectivity index (χ1v) is 7.23. The molecular formula is C14H24F3N3. The van der Waals surface area contributed by atoms with Crippen LogP contribution in [0.2, 0.25) is 0 Å². The normalized spacial score (nSPS) is 13.9. The second-order valence-electron chi connectivity index (χ2n) is 5.04. The molecule has 0 aliphatic carbocycles. The van der Waals surface area contributed by atoms with Crippen LogP contribution in [0.4, 0.5) is 13.2 Å². The topological polar surface area (TPSA) is 29.9 Å². The summed E-state index contributed by atoms with van der Waals surface area (Å²) in [5, 5.41) is 7.30. The highest BCUT2D eigenvalue weighted by molar-refractivity contribution is 5.02. The summed E-state index contributed by atoms with van der Waals surface area (Å²) < 4.78 is 39.4. The molecule has 20 heavy (non-hydrogen) atoms. The predicted octanol–water partition coefficient (Wildman–Crippen LogP) is 3.72. The Labute approximate surface area is 118 Å². The van der Waals surface area contributed by atoms with Crippen molar-refractivity contribution in [2.45, 2.75) is 64.7 Å². The zero-order valence-electron chi connectivity index (χ0n) is 12.4. The minimum atomic E-state index is -4.15. The lowest BCUT2D eigenvalue weighted by molar-refractivity contribution is -0.139. The van der Waals surface area contributed by atoms with Crippen LogP contribution in [0.5, 0.6) is 0 Å². The third-order valence-electron chi connectivity index (χ3n) is 3.41. The fourth-order valence-electron chi connectivity index (χ4n) is 2.39. The van der Waals surface area contributed by atoms with Gasteiger partial charge in [0, 0.05) is 18.7 Å². The van der Waals surface area contributed by atoms with Gasteiger partial charge < -0.3 is 5.32 Å². The van der Waals surface area contributed by atoms with E-state index < -0.39 is 18.6 Å². The van der Waals surface area contributed by atoms with Crippen molar-refractivity contribution in [3.05, 3.63) is 18.0 Å². The van der Waals surface area contributed by atoms with Crippen LogP contribution in [0.1, 0.15) is 51.8 Å². The Bertz CT molecular complexity index is 383. The van der Waals surface area contributed by atoms with Crippen molar-refractivity contribution < 1.29 is 13.2 Å². The van der Waals surface area contributed by atoms with Gasteiger partial charge in [0.1, 0.15) is 0 Å². The quantitative estimate of drug-likeness (QED) is 0.791. The van der Waals surface area contributed by atoms with Gasteiger partial charge in [0.25, 0.3) is 0 Å². The summed E-state index contributed by atoms with van der Waals surface area (Å²) in [5.41, 5.74) is 0.715. The molecule has 116 valence electrons. The van der Waals surface area contributed by atoms with Crippen LogP contribution in [0.15, 0.2) is 12.3 Å². The number of likely N-dealkylation sites (N-methyl/N-ethyl adjacent to an activating group) is 1. The van der Waals surface area contributed by atoms with Gasteiger partial charge in [-0.2, -0.15) is 18.3 Å². The predicted molar refractivity (Wildman–Crippen MR) is 73.7 cm³/mol. The van der Waals surface area contributed by atoms with E-state index in [2.05, 4.69) is 24.3 Å². The molecule has 1 N–H and O–H groups in total. The number of nitrogens with zero attached hydrogens (tertiary/aromatic N) is 2. The zero-order chi connectivity index (χ0) is 15.2. The Hall–Kier alpha value is -1.04. The van der Waals surface area contributed by atoms with E-state index >= 15 is 0 Å². The van der Waals surface area contributed by atoms with E-state index in [0.717, 1.165) is 12.8 Å². The van der Waals surface area contributed by atoms with E-state index in [1.54, 1.807) is 0 Å². The van der Waals surface area contributed by atoms with Gasteiger partial charge >= 0.3 is 6.18 Å². The molecule has 0 aliphatic heterocycles. The molecule has 0 saturated carbocycles. The Kier molecular flexibility index (Phi) is 6.52. The van der Waals surface area contributed by atoms with Crippen molar-refractivity contribution in [3.8, 4) is 0 Å². The van der Waals surface area contributed by atoms with E-state index in [0.29, 0.717) is 24.7 Å². The summed E-state index contributed by atoms with van der Waals surface area (Å²) in [6, 6.07) is 1.54. The maximum Gasteiger partial charge on any atom is 0.390 e. The third-order valence-corrected chi connectivity index (χ3v) is 3.41. The van der Waals surface area contributed by atoms with Crippen molar-refractivity contribution in [3.63, 3.8) is 0 Å². The largest absolute Gasteiger partial charge is 0.390 e.